The van der Waals surface area contributed by atoms with Crippen LogP contribution in [-0.2, 0) is 25.0 Å². The third kappa shape index (κ3) is 4.50. The molecule has 8 heteroatoms. The van der Waals surface area contributed by atoms with Gasteiger partial charge in [-0.25, -0.2) is 8.42 Å². The fourth-order valence-electron chi connectivity index (χ4n) is 4.16. The maximum absolute atomic E-state index is 13.0. The van der Waals surface area contributed by atoms with Gasteiger partial charge < -0.3 is 10.6 Å². The Morgan fingerprint density at radius 2 is 1.58 bits per heavy atom. The van der Waals surface area contributed by atoms with Gasteiger partial charge in [-0.2, -0.15) is 4.31 Å². The van der Waals surface area contributed by atoms with Gasteiger partial charge in [0.05, 0.1) is 10.3 Å². The van der Waals surface area contributed by atoms with Gasteiger partial charge in [-0.3, -0.25) is 9.59 Å². The number of carbonyl (C=O) groups excluding carboxylic acids is 2. The molecule has 2 amide bonds. The van der Waals surface area contributed by atoms with E-state index in [0.29, 0.717) is 31.6 Å². The Morgan fingerprint density at radius 3 is 2.13 bits per heavy atom. The van der Waals surface area contributed by atoms with Crippen LogP contribution in [0, 0.1) is 0 Å². The molecule has 7 nitrogen and oxygen atoms in total. The Balaban J connectivity index is 1.35. The van der Waals surface area contributed by atoms with E-state index in [1.165, 1.54) is 23.4 Å². The summed E-state index contributed by atoms with van der Waals surface area (Å²) in [5.74, 6) is -0.159. The average Bonchev–Trinajstić information content (AvgIpc) is 3.57. The standard InChI is InChI=1S/C23H27N3O4S/c1-17(27)24-19-7-9-21(10-8-19)31(29,30)26-15-11-20(12-16-26)25-22(28)23(13-14-23)18-5-3-2-4-6-18/h2-10,20H,11-16H2,1H3,(H,24,27)(H,25,28). The summed E-state index contributed by atoms with van der Waals surface area (Å²) >= 11 is 0. The number of rotatable bonds is 6. The lowest BCUT2D eigenvalue weighted by Crippen LogP contribution is -2.48. The second-order valence-corrected chi connectivity index (χ2v) is 10.2. The van der Waals surface area contributed by atoms with Crippen molar-refractivity contribution in [3.8, 4) is 0 Å². The van der Waals surface area contributed by atoms with Gasteiger partial charge in [-0.1, -0.05) is 30.3 Å². The van der Waals surface area contributed by atoms with Crippen LogP contribution in [0.25, 0.3) is 0 Å². The fraction of sp³-hybridized carbons (Fsp3) is 0.391. The third-order valence-electron chi connectivity index (χ3n) is 6.11. The van der Waals surface area contributed by atoms with Crippen molar-refractivity contribution in [1.29, 1.82) is 0 Å². The molecule has 2 aromatic carbocycles. The molecule has 0 bridgehead atoms. The highest BCUT2D eigenvalue weighted by Gasteiger charge is 2.51. The zero-order valence-electron chi connectivity index (χ0n) is 17.5. The lowest BCUT2D eigenvalue weighted by Gasteiger charge is -2.32. The molecule has 0 unspecified atom stereocenters. The maximum atomic E-state index is 13.0. The SMILES string of the molecule is CC(=O)Nc1ccc(S(=O)(=O)N2CCC(NC(=O)C3(c4ccccc4)CC3)CC2)cc1. The summed E-state index contributed by atoms with van der Waals surface area (Å²) in [6, 6.07) is 16.0. The van der Waals surface area contributed by atoms with Crippen LogP contribution in [0.4, 0.5) is 5.69 Å². The van der Waals surface area contributed by atoms with E-state index in [1.54, 1.807) is 12.1 Å². The minimum absolute atomic E-state index is 0.0257. The molecule has 0 atom stereocenters. The predicted octanol–water partition coefficient (Wildman–Crippen LogP) is 2.65. The van der Waals surface area contributed by atoms with Gasteiger partial charge in [0.2, 0.25) is 21.8 Å². The van der Waals surface area contributed by atoms with E-state index in [-0.39, 0.29) is 22.8 Å². The molecule has 31 heavy (non-hydrogen) atoms. The molecular weight excluding hydrogens is 414 g/mol. The zero-order valence-corrected chi connectivity index (χ0v) is 18.3. The first-order chi connectivity index (χ1) is 14.8. The molecule has 0 radical (unpaired) electrons. The number of nitrogens with zero attached hydrogens (tertiary/aromatic N) is 1. The summed E-state index contributed by atoms with van der Waals surface area (Å²) in [5, 5.41) is 5.79. The number of amides is 2. The number of benzene rings is 2. The summed E-state index contributed by atoms with van der Waals surface area (Å²) in [6.07, 6.45) is 2.87. The summed E-state index contributed by atoms with van der Waals surface area (Å²) in [5.41, 5.74) is 1.19. The quantitative estimate of drug-likeness (QED) is 0.720. The topological polar surface area (TPSA) is 95.6 Å². The maximum Gasteiger partial charge on any atom is 0.243 e. The van der Waals surface area contributed by atoms with Gasteiger partial charge in [0.15, 0.2) is 0 Å². The van der Waals surface area contributed by atoms with E-state index in [0.717, 1.165) is 18.4 Å². The molecule has 1 saturated heterocycles. The van der Waals surface area contributed by atoms with Gasteiger partial charge in [0.25, 0.3) is 0 Å². The molecule has 1 aliphatic carbocycles. The van der Waals surface area contributed by atoms with Crippen molar-refractivity contribution in [3.05, 3.63) is 60.2 Å². The highest BCUT2D eigenvalue weighted by molar-refractivity contribution is 7.89. The summed E-state index contributed by atoms with van der Waals surface area (Å²) in [6.45, 7) is 2.12. The fourth-order valence-corrected chi connectivity index (χ4v) is 5.63. The second kappa shape index (κ2) is 8.43. The lowest BCUT2D eigenvalue weighted by molar-refractivity contribution is -0.124. The highest BCUT2D eigenvalue weighted by Crippen LogP contribution is 2.48. The van der Waals surface area contributed by atoms with E-state index < -0.39 is 15.4 Å². The number of piperidine rings is 1. The molecule has 2 aliphatic rings. The summed E-state index contributed by atoms with van der Waals surface area (Å²) in [4.78, 5) is 24.3. The third-order valence-corrected chi connectivity index (χ3v) is 8.03. The molecule has 164 valence electrons. The van der Waals surface area contributed by atoms with Crippen LogP contribution >= 0.6 is 0 Å². The van der Waals surface area contributed by atoms with Gasteiger partial charge in [0, 0.05) is 31.7 Å². The van der Waals surface area contributed by atoms with Crippen molar-refractivity contribution in [2.24, 2.45) is 0 Å². The summed E-state index contributed by atoms with van der Waals surface area (Å²) < 4.78 is 27.4. The van der Waals surface area contributed by atoms with Crippen LogP contribution < -0.4 is 10.6 Å². The average molecular weight is 442 g/mol. The smallest absolute Gasteiger partial charge is 0.243 e. The van der Waals surface area contributed by atoms with E-state index in [1.807, 2.05) is 30.3 Å². The monoisotopic (exact) mass is 441 g/mol. The Kier molecular flexibility index (Phi) is 5.85. The van der Waals surface area contributed by atoms with Crippen molar-refractivity contribution in [1.82, 2.24) is 9.62 Å². The minimum atomic E-state index is -3.61. The van der Waals surface area contributed by atoms with Crippen molar-refractivity contribution >= 4 is 27.5 Å². The van der Waals surface area contributed by atoms with E-state index in [4.69, 9.17) is 0 Å². The first-order valence-electron chi connectivity index (χ1n) is 10.6. The first-order valence-corrected chi connectivity index (χ1v) is 12.0. The van der Waals surface area contributed by atoms with Gasteiger partial charge in [-0.15, -0.1) is 0 Å². The molecule has 2 aromatic rings. The second-order valence-electron chi connectivity index (χ2n) is 8.31. The number of hydrogen-bond acceptors (Lipinski definition) is 4. The number of anilines is 1. The molecular formula is C23H27N3O4S. The normalized spacial score (nSPS) is 18.9. The van der Waals surface area contributed by atoms with Crippen LogP contribution in [0.1, 0.15) is 38.2 Å². The number of sulfonamides is 1. The molecule has 0 aromatic heterocycles. The number of nitrogens with one attached hydrogen (secondary N) is 2. The van der Waals surface area contributed by atoms with Gasteiger partial charge in [-0.05, 0) is 55.5 Å². The lowest BCUT2D eigenvalue weighted by atomic mass is 9.94. The molecule has 4 rings (SSSR count). The molecule has 1 heterocycles. The van der Waals surface area contributed by atoms with Gasteiger partial charge in [0.1, 0.15) is 0 Å². The van der Waals surface area contributed by atoms with E-state index in [2.05, 4.69) is 10.6 Å². The first kappa shape index (κ1) is 21.5. The molecule has 0 spiro atoms. The Bertz CT molecular complexity index is 1060. The number of hydrogen-bond donors (Lipinski definition) is 2. The van der Waals surface area contributed by atoms with Crippen molar-refractivity contribution in [2.45, 2.75) is 49.0 Å². The minimum Gasteiger partial charge on any atom is -0.352 e. The van der Waals surface area contributed by atoms with Crippen molar-refractivity contribution in [2.75, 3.05) is 18.4 Å². The Labute approximate surface area is 182 Å². The molecule has 1 aliphatic heterocycles. The zero-order chi connectivity index (χ0) is 22.1. The van der Waals surface area contributed by atoms with E-state index >= 15 is 0 Å². The van der Waals surface area contributed by atoms with Crippen LogP contribution in [0.2, 0.25) is 0 Å². The van der Waals surface area contributed by atoms with E-state index in [9.17, 15) is 18.0 Å². The Hall–Kier alpha value is -2.71. The van der Waals surface area contributed by atoms with Crippen LogP contribution in [-0.4, -0.2) is 43.7 Å². The molecule has 2 fully saturated rings. The van der Waals surface area contributed by atoms with Crippen molar-refractivity contribution < 1.29 is 18.0 Å². The van der Waals surface area contributed by atoms with Crippen LogP contribution in [0.5, 0.6) is 0 Å². The molecule has 1 saturated carbocycles. The highest BCUT2D eigenvalue weighted by atomic mass is 32.2. The number of carbonyl (C=O) groups is 2. The van der Waals surface area contributed by atoms with Crippen LogP contribution in [0.15, 0.2) is 59.5 Å². The Morgan fingerprint density at radius 1 is 0.968 bits per heavy atom. The molecule has 2 N–H and O–H groups in total. The van der Waals surface area contributed by atoms with Gasteiger partial charge >= 0.3 is 0 Å². The van der Waals surface area contributed by atoms with Crippen molar-refractivity contribution in [3.63, 3.8) is 0 Å². The van der Waals surface area contributed by atoms with Crippen LogP contribution in [0.3, 0.4) is 0 Å². The predicted molar refractivity (Wildman–Crippen MR) is 118 cm³/mol. The summed E-state index contributed by atoms with van der Waals surface area (Å²) in [7, 11) is -3.61. The largest absolute Gasteiger partial charge is 0.352 e.